The topological polar surface area (TPSA) is 24.7 Å². The zero-order valence-electron chi connectivity index (χ0n) is 13.0. The Balaban J connectivity index is 2.24. The van der Waals surface area contributed by atoms with Crippen LogP contribution in [0, 0.1) is 6.92 Å². The summed E-state index contributed by atoms with van der Waals surface area (Å²) in [6, 6.07) is 12.6. The van der Waals surface area contributed by atoms with Crippen LogP contribution in [-0.2, 0) is 11.5 Å². The summed E-state index contributed by atoms with van der Waals surface area (Å²) in [5.74, 6) is 1.98. The lowest BCUT2D eigenvalue weighted by atomic mass is 10.1. The maximum absolute atomic E-state index is 4.41. The van der Waals surface area contributed by atoms with E-state index >= 15 is 0 Å². The molecule has 2 rings (SSSR count). The van der Waals surface area contributed by atoms with Gasteiger partial charge in [-0.05, 0) is 66.5 Å². The van der Waals surface area contributed by atoms with E-state index in [0.717, 1.165) is 27.4 Å². The van der Waals surface area contributed by atoms with Gasteiger partial charge in [-0.1, -0.05) is 22.0 Å². The Morgan fingerprint density at radius 1 is 0.818 bits per heavy atom. The molecule has 116 valence electrons. The van der Waals surface area contributed by atoms with Crippen molar-refractivity contribution >= 4 is 50.8 Å². The summed E-state index contributed by atoms with van der Waals surface area (Å²) in [7, 11) is 0. The van der Waals surface area contributed by atoms with Crippen molar-refractivity contribution in [2.24, 2.45) is 10.2 Å². The molecule has 0 bridgehead atoms. The van der Waals surface area contributed by atoms with Gasteiger partial charge >= 0.3 is 0 Å². The molecule has 22 heavy (non-hydrogen) atoms. The molecule has 5 heteroatoms. The Kier molecular flexibility index (Phi) is 6.99. The molecule has 0 aromatic heterocycles. The summed E-state index contributed by atoms with van der Waals surface area (Å²) in [6.45, 7) is 2.10. The van der Waals surface area contributed by atoms with Crippen molar-refractivity contribution in [1.82, 2.24) is 0 Å². The molecule has 0 aliphatic rings. The van der Waals surface area contributed by atoms with Gasteiger partial charge in [0.2, 0.25) is 0 Å². The fraction of sp³-hybridized carbons (Fsp3) is 0.294. The van der Waals surface area contributed by atoms with Gasteiger partial charge in [-0.2, -0.15) is 33.8 Å². The number of aryl methyl sites for hydroxylation is 1. The van der Waals surface area contributed by atoms with Gasteiger partial charge in [-0.3, -0.25) is 0 Å². The number of hydrogen-bond acceptors (Lipinski definition) is 4. The molecule has 2 aromatic carbocycles. The molecule has 0 saturated heterocycles. The van der Waals surface area contributed by atoms with Crippen molar-refractivity contribution in [2.45, 2.75) is 18.4 Å². The van der Waals surface area contributed by atoms with E-state index in [4.69, 9.17) is 0 Å². The minimum Gasteiger partial charge on any atom is -0.161 e. The van der Waals surface area contributed by atoms with Crippen LogP contribution in [0.5, 0.6) is 0 Å². The normalized spacial score (nSPS) is 11.3. The van der Waals surface area contributed by atoms with E-state index in [1.807, 2.05) is 17.8 Å². The van der Waals surface area contributed by atoms with Crippen LogP contribution in [0.4, 0.5) is 11.4 Å². The fourth-order valence-corrected chi connectivity index (χ4v) is 3.73. The lowest BCUT2D eigenvalue weighted by molar-refractivity contribution is 1.20. The van der Waals surface area contributed by atoms with Gasteiger partial charge in [0.1, 0.15) is 0 Å². The van der Waals surface area contributed by atoms with Crippen molar-refractivity contribution in [1.29, 1.82) is 0 Å². The Morgan fingerprint density at radius 3 is 1.95 bits per heavy atom. The highest BCUT2D eigenvalue weighted by molar-refractivity contribution is 9.10. The third kappa shape index (κ3) is 5.45. The second-order valence-corrected chi connectivity index (χ2v) is 7.71. The standard InChI is InChI=1S/C17H19BrN2S2/c1-12-4-13(10-21-2)7-16(5-12)19-20-17-8-14(11-22-3)6-15(18)9-17/h4-9H,10-11H2,1-3H3/b20-19+. The molecule has 0 spiro atoms. The molecule has 0 aliphatic heterocycles. The zero-order valence-corrected chi connectivity index (χ0v) is 16.2. The number of halogens is 1. The molecular weight excluding hydrogens is 376 g/mol. The molecule has 0 amide bonds. The summed E-state index contributed by atoms with van der Waals surface area (Å²) in [6.07, 6.45) is 4.21. The molecule has 2 nitrogen and oxygen atoms in total. The van der Waals surface area contributed by atoms with Crippen LogP contribution >= 0.6 is 39.5 Å². The smallest absolute Gasteiger partial charge is 0.0871 e. The van der Waals surface area contributed by atoms with E-state index in [0.29, 0.717) is 0 Å². The van der Waals surface area contributed by atoms with Gasteiger partial charge < -0.3 is 0 Å². The monoisotopic (exact) mass is 394 g/mol. The molecule has 0 N–H and O–H groups in total. The van der Waals surface area contributed by atoms with E-state index < -0.39 is 0 Å². The Morgan fingerprint density at radius 2 is 1.36 bits per heavy atom. The number of benzene rings is 2. The van der Waals surface area contributed by atoms with Crippen molar-refractivity contribution < 1.29 is 0 Å². The predicted octanol–water partition coefficient (Wildman–Crippen LogP) is 6.90. The van der Waals surface area contributed by atoms with Crippen LogP contribution in [0.15, 0.2) is 51.1 Å². The number of azo groups is 1. The first-order valence-corrected chi connectivity index (χ1v) is 10.5. The number of rotatable bonds is 6. The minimum absolute atomic E-state index is 0.881. The SMILES string of the molecule is CSCc1cc(C)cc(/N=N/c2cc(Br)cc(CSC)c2)c1. The van der Waals surface area contributed by atoms with Gasteiger partial charge in [-0.15, -0.1) is 0 Å². The highest BCUT2D eigenvalue weighted by atomic mass is 79.9. The molecule has 0 unspecified atom stereocenters. The second-order valence-electron chi connectivity index (χ2n) is 5.06. The first kappa shape index (κ1) is 17.6. The molecule has 0 fully saturated rings. The summed E-state index contributed by atoms with van der Waals surface area (Å²) in [5.41, 5.74) is 5.56. The van der Waals surface area contributed by atoms with Gasteiger partial charge in [0.05, 0.1) is 11.4 Å². The van der Waals surface area contributed by atoms with Crippen molar-refractivity contribution in [3.8, 4) is 0 Å². The Hall–Kier alpha value is -0.780. The maximum atomic E-state index is 4.41. The average Bonchev–Trinajstić information content (AvgIpc) is 2.45. The third-order valence-corrected chi connectivity index (χ3v) is 4.67. The average molecular weight is 395 g/mol. The molecule has 0 heterocycles. The van der Waals surface area contributed by atoms with E-state index in [1.54, 1.807) is 11.8 Å². The van der Waals surface area contributed by atoms with Crippen LogP contribution in [0.2, 0.25) is 0 Å². The Bertz CT molecular complexity index is 614. The molecule has 0 aliphatic carbocycles. The van der Waals surface area contributed by atoms with Gasteiger partial charge in [0, 0.05) is 16.0 Å². The number of thioether (sulfide) groups is 2. The molecule has 2 aromatic rings. The highest BCUT2D eigenvalue weighted by Crippen LogP contribution is 2.27. The predicted molar refractivity (Wildman–Crippen MR) is 104 cm³/mol. The van der Waals surface area contributed by atoms with Crippen LogP contribution in [-0.4, -0.2) is 12.5 Å². The quantitative estimate of drug-likeness (QED) is 0.497. The van der Waals surface area contributed by atoms with Gasteiger partial charge in [0.25, 0.3) is 0 Å². The zero-order chi connectivity index (χ0) is 15.9. The van der Waals surface area contributed by atoms with E-state index in [9.17, 15) is 0 Å². The van der Waals surface area contributed by atoms with E-state index in [-0.39, 0.29) is 0 Å². The number of hydrogen-bond donors (Lipinski definition) is 0. The van der Waals surface area contributed by atoms with E-state index in [1.165, 1.54) is 16.7 Å². The van der Waals surface area contributed by atoms with Gasteiger partial charge in [-0.25, -0.2) is 0 Å². The van der Waals surface area contributed by atoms with Crippen molar-refractivity contribution in [3.63, 3.8) is 0 Å². The fourth-order valence-electron chi connectivity index (χ4n) is 2.20. The third-order valence-electron chi connectivity index (χ3n) is 2.97. The lowest BCUT2D eigenvalue weighted by Crippen LogP contribution is -1.82. The van der Waals surface area contributed by atoms with Crippen LogP contribution < -0.4 is 0 Å². The molecule has 0 saturated carbocycles. The minimum atomic E-state index is 0.881. The van der Waals surface area contributed by atoms with Crippen molar-refractivity contribution in [3.05, 3.63) is 57.6 Å². The van der Waals surface area contributed by atoms with Crippen LogP contribution in [0.3, 0.4) is 0 Å². The molecule has 0 atom stereocenters. The van der Waals surface area contributed by atoms with Gasteiger partial charge in [0.15, 0.2) is 0 Å². The second kappa shape index (κ2) is 8.75. The van der Waals surface area contributed by atoms with E-state index in [2.05, 4.69) is 75.9 Å². The molecular formula is C17H19BrN2S2. The highest BCUT2D eigenvalue weighted by Gasteiger charge is 2.00. The van der Waals surface area contributed by atoms with Crippen LogP contribution in [0.1, 0.15) is 16.7 Å². The lowest BCUT2D eigenvalue weighted by Gasteiger charge is -2.03. The number of nitrogens with zero attached hydrogens (tertiary/aromatic N) is 2. The van der Waals surface area contributed by atoms with Crippen LogP contribution in [0.25, 0.3) is 0 Å². The summed E-state index contributed by atoms with van der Waals surface area (Å²) in [5, 5.41) is 8.81. The summed E-state index contributed by atoms with van der Waals surface area (Å²) in [4.78, 5) is 0. The first-order valence-electron chi connectivity index (χ1n) is 6.90. The Labute approximate surface area is 149 Å². The maximum Gasteiger partial charge on any atom is 0.0871 e. The summed E-state index contributed by atoms with van der Waals surface area (Å²) >= 11 is 7.16. The largest absolute Gasteiger partial charge is 0.161 e. The first-order chi connectivity index (χ1) is 10.6. The summed E-state index contributed by atoms with van der Waals surface area (Å²) < 4.78 is 1.04. The molecule has 0 radical (unpaired) electrons. The van der Waals surface area contributed by atoms with Crippen molar-refractivity contribution in [2.75, 3.05) is 12.5 Å².